The molecular weight excluding hydrogens is 242 g/mol. The molecule has 0 fully saturated rings. The van der Waals surface area contributed by atoms with E-state index in [-0.39, 0.29) is 16.3 Å². The van der Waals surface area contributed by atoms with Gasteiger partial charge in [-0.05, 0) is 18.2 Å². The molecule has 0 aliphatic heterocycles. The summed E-state index contributed by atoms with van der Waals surface area (Å²) in [5.74, 6) is -0.165. The van der Waals surface area contributed by atoms with Crippen LogP contribution in [0.15, 0.2) is 36.8 Å². The Labute approximate surface area is 102 Å². The summed E-state index contributed by atoms with van der Waals surface area (Å²) < 4.78 is 0. The lowest BCUT2D eigenvalue weighted by molar-refractivity contribution is 0.102. The highest BCUT2D eigenvalue weighted by Crippen LogP contribution is 2.21. The zero-order chi connectivity index (χ0) is 12.3. The number of carbonyl (C=O) groups is 1. The van der Waals surface area contributed by atoms with Gasteiger partial charge in [-0.1, -0.05) is 11.6 Å². The van der Waals surface area contributed by atoms with Crippen LogP contribution in [0.25, 0.3) is 0 Å². The van der Waals surface area contributed by atoms with Crippen molar-refractivity contribution in [2.75, 3.05) is 5.32 Å². The number of anilines is 1. The molecule has 1 aromatic carbocycles. The van der Waals surface area contributed by atoms with E-state index in [2.05, 4.69) is 15.3 Å². The molecule has 2 aromatic rings. The molecule has 1 aromatic heterocycles. The summed E-state index contributed by atoms with van der Waals surface area (Å²) in [5.41, 5.74) is 0.178. The van der Waals surface area contributed by atoms with Gasteiger partial charge in [0.2, 0.25) is 0 Å². The summed E-state index contributed by atoms with van der Waals surface area (Å²) >= 11 is 5.85. The van der Waals surface area contributed by atoms with Gasteiger partial charge in [0.15, 0.2) is 5.82 Å². The monoisotopic (exact) mass is 249 g/mol. The van der Waals surface area contributed by atoms with E-state index in [0.717, 1.165) is 0 Å². The fraction of sp³-hybridized carbons (Fsp3) is 0. The van der Waals surface area contributed by atoms with Crippen LogP contribution in [-0.2, 0) is 0 Å². The maximum absolute atomic E-state index is 11.8. The molecule has 0 aliphatic rings. The number of carbonyl (C=O) groups excluding carboxylic acids is 1. The molecule has 0 atom stereocenters. The number of nitrogens with zero attached hydrogens (tertiary/aromatic N) is 2. The highest BCUT2D eigenvalue weighted by Gasteiger charge is 2.11. The van der Waals surface area contributed by atoms with Crippen molar-refractivity contribution in [2.45, 2.75) is 0 Å². The molecule has 86 valence electrons. The molecule has 0 spiro atoms. The molecule has 0 aliphatic carbocycles. The van der Waals surface area contributed by atoms with Gasteiger partial charge in [-0.25, -0.2) is 4.98 Å². The first-order chi connectivity index (χ1) is 8.16. The van der Waals surface area contributed by atoms with E-state index in [1.54, 1.807) is 0 Å². The van der Waals surface area contributed by atoms with Crippen molar-refractivity contribution in [3.63, 3.8) is 0 Å². The Kier molecular flexibility index (Phi) is 3.20. The van der Waals surface area contributed by atoms with Crippen molar-refractivity contribution in [3.05, 3.63) is 47.4 Å². The standard InChI is InChI=1S/C11H8ClN3O2/c12-9-2-1-7(16)5-8(9)11(17)15-10-6-13-3-4-14-10/h1-6,16H,(H,14,15,17). The van der Waals surface area contributed by atoms with E-state index in [9.17, 15) is 9.90 Å². The van der Waals surface area contributed by atoms with E-state index in [4.69, 9.17) is 11.6 Å². The minimum atomic E-state index is -0.452. The molecule has 0 unspecified atom stereocenters. The second-order valence-corrected chi connectivity index (χ2v) is 3.62. The number of aromatic hydroxyl groups is 1. The summed E-state index contributed by atoms with van der Waals surface area (Å²) in [6.07, 6.45) is 4.37. The normalized spacial score (nSPS) is 9.94. The van der Waals surface area contributed by atoms with Crippen LogP contribution in [0.5, 0.6) is 5.75 Å². The number of halogens is 1. The maximum atomic E-state index is 11.8. The number of hydrogen-bond donors (Lipinski definition) is 2. The molecule has 17 heavy (non-hydrogen) atoms. The van der Waals surface area contributed by atoms with Gasteiger partial charge in [-0.15, -0.1) is 0 Å². The van der Waals surface area contributed by atoms with Crippen LogP contribution in [0.4, 0.5) is 5.82 Å². The summed E-state index contributed by atoms with van der Waals surface area (Å²) in [5, 5.41) is 12.1. The molecule has 6 heteroatoms. The Morgan fingerprint density at radius 2 is 2.18 bits per heavy atom. The lowest BCUT2D eigenvalue weighted by Crippen LogP contribution is -2.13. The fourth-order valence-corrected chi connectivity index (χ4v) is 1.44. The topological polar surface area (TPSA) is 75.1 Å². The first-order valence-corrected chi connectivity index (χ1v) is 5.10. The van der Waals surface area contributed by atoms with Crippen LogP contribution in [0, 0.1) is 0 Å². The lowest BCUT2D eigenvalue weighted by atomic mass is 10.2. The van der Waals surface area contributed by atoms with Crippen molar-refractivity contribution < 1.29 is 9.90 Å². The highest BCUT2D eigenvalue weighted by atomic mass is 35.5. The predicted molar refractivity (Wildman–Crippen MR) is 63.1 cm³/mol. The Morgan fingerprint density at radius 3 is 2.88 bits per heavy atom. The number of phenols is 1. The Bertz CT molecular complexity index is 546. The Hall–Kier alpha value is -2.14. The quantitative estimate of drug-likeness (QED) is 0.855. The largest absolute Gasteiger partial charge is 0.508 e. The van der Waals surface area contributed by atoms with Crippen molar-refractivity contribution >= 4 is 23.3 Å². The van der Waals surface area contributed by atoms with Gasteiger partial charge in [0, 0.05) is 12.4 Å². The van der Waals surface area contributed by atoms with Crippen LogP contribution < -0.4 is 5.32 Å². The highest BCUT2D eigenvalue weighted by molar-refractivity contribution is 6.34. The van der Waals surface area contributed by atoms with Gasteiger partial charge in [0.1, 0.15) is 5.75 Å². The first kappa shape index (κ1) is 11.3. The zero-order valence-electron chi connectivity index (χ0n) is 8.59. The second kappa shape index (κ2) is 4.80. The number of hydrogen-bond acceptors (Lipinski definition) is 4. The molecule has 1 amide bonds. The van der Waals surface area contributed by atoms with E-state index in [1.165, 1.54) is 36.8 Å². The third-order valence-corrected chi connectivity index (χ3v) is 2.33. The molecular formula is C11H8ClN3O2. The molecule has 0 saturated carbocycles. The second-order valence-electron chi connectivity index (χ2n) is 3.21. The third-order valence-electron chi connectivity index (χ3n) is 2.00. The molecule has 0 radical (unpaired) electrons. The van der Waals surface area contributed by atoms with Gasteiger partial charge < -0.3 is 10.4 Å². The van der Waals surface area contributed by atoms with Crippen LogP contribution in [0.3, 0.4) is 0 Å². The fourth-order valence-electron chi connectivity index (χ4n) is 1.23. The first-order valence-electron chi connectivity index (χ1n) is 4.72. The van der Waals surface area contributed by atoms with E-state index >= 15 is 0 Å². The van der Waals surface area contributed by atoms with Gasteiger partial charge in [-0.2, -0.15) is 0 Å². The summed E-state index contributed by atoms with van der Waals surface area (Å²) in [6, 6.07) is 4.14. The van der Waals surface area contributed by atoms with Gasteiger partial charge >= 0.3 is 0 Å². The molecule has 0 bridgehead atoms. The van der Waals surface area contributed by atoms with Crippen molar-refractivity contribution in [1.82, 2.24) is 9.97 Å². The number of phenolic OH excluding ortho intramolecular Hbond substituents is 1. The number of rotatable bonds is 2. The van der Waals surface area contributed by atoms with Crippen LogP contribution in [0.2, 0.25) is 5.02 Å². The van der Waals surface area contributed by atoms with Crippen LogP contribution in [0.1, 0.15) is 10.4 Å². The van der Waals surface area contributed by atoms with Crippen LogP contribution in [-0.4, -0.2) is 21.0 Å². The minimum Gasteiger partial charge on any atom is -0.508 e. The summed E-state index contributed by atoms with van der Waals surface area (Å²) in [6.45, 7) is 0. The number of nitrogens with one attached hydrogen (secondary N) is 1. The lowest BCUT2D eigenvalue weighted by Gasteiger charge is -2.05. The van der Waals surface area contributed by atoms with E-state index in [0.29, 0.717) is 5.82 Å². The Morgan fingerprint density at radius 1 is 1.35 bits per heavy atom. The molecule has 2 rings (SSSR count). The molecule has 0 saturated heterocycles. The maximum Gasteiger partial charge on any atom is 0.258 e. The minimum absolute atomic E-state index is 0.0290. The van der Waals surface area contributed by atoms with Crippen molar-refractivity contribution in [2.24, 2.45) is 0 Å². The smallest absolute Gasteiger partial charge is 0.258 e. The Balaban J connectivity index is 2.23. The SMILES string of the molecule is O=C(Nc1cnccn1)c1cc(O)ccc1Cl. The zero-order valence-corrected chi connectivity index (χ0v) is 9.35. The van der Waals surface area contributed by atoms with Crippen molar-refractivity contribution in [3.8, 4) is 5.75 Å². The molecule has 1 heterocycles. The van der Waals surface area contributed by atoms with Gasteiger partial charge in [-0.3, -0.25) is 9.78 Å². The van der Waals surface area contributed by atoms with Crippen LogP contribution >= 0.6 is 11.6 Å². The molecule has 5 nitrogen and oxygen atoms in total. The average molecular weight is 250 g/mol. The predicted octanol–water partition coefficient (Wildman–Crippen LogP) is 2.09. The van der Waals surface area contributed by atoms with Crippen molar-refractivity contribution in [1.29, 1.82) is 0 Å². The third kappa shape index (κ3) is 2.70. The number of benzene rings is 1. The average Bonchev–Trinajstić information content (AvgIpc) is 2.33. The summed E-state index contributed by atoms with van der Waals surface area (Å²) in [4.78, 5) is 19.5. The number of amides is 1. The van der Waals surface area contributed by atoms with E-state index in [1.807, 2.05) is 0 Å². The number of aromatic nitrogens is 2. The summed E-state index contributed by atoms with van der Waals surface area (Å²) in [7, 11) is 0. The van der Waals surface area contributed by atoms with Gasteiger partial charge in [0.05, 0.1) is 16.8 Å². The van der Waals surface area contributed by atoms with Gasteiger partial charge in [0.25, 0.3) is 5.91 Å². The van der Waals surface area contributed by atoms with E-state index < -0.39 is 5.91 Å². The molecule has 2 N–H and O–H groups in total.